The van der Waals surface area contributed by atoms with Crippen LogP contribution >= 0.6 is 0 Å². The molecule has 3 N–H and O–H groups in total. The molecule has 0 saturated carbocycles. The Bertz CT molecular complexity index is 472. The molecule has 0 aliphatic carbocycles. The first kappa shape index (κ1) is 16.0. The van der Waals surface area contributed by atoms with Crippen molar-refractivity contribution in [3.8, 4) is 5.75 Å². The number of amides is 1. The molecule has 0 unspecified atom stereocenters. The Labute approximate surface area is 117 Å². The maximum absolute atomic E-state index is 11.4. The van der Waals surface area contributed by atoms with E-state index in [1.165, 1.54) is 0 Å². The molecule has 1 atom stereocenters. The number of aliphatic hydroxyl groups is 1. The third-order valence-corrected chi connectivity index (χ3v) is 2.67. The topological polar surface area (TPSA) is 95.9 Å². The van der Waals surface area contributed by atoms with Crippen molar-refractivity contribution < 1.29 is 24.5 Å². The smallest absolute Gasteiger partial charge is 0.334 e. The van der Waals surface area contributed by atoms with E-state index in [0.29, 0.717) is 11.7 Å². The number of aliphatic carboxylic acids is 1. The molecule has 1 aromatic carbocycles. The van der Waals surface area contributed by atoms with Crippen LogP contribution in [0, 0.1) is 0 Å². The second-order valence-electron chi connectivity index (χ2n) is 4.67. The number of carbonyl (C=O) groups excluding carboxylic acids is 1. The number of hydrogen-bond acceptors (Lipinski definition) is 4. The highest BCUT2D eigenvalue weighted by Gasteiger charge is 2.14. The van der Waals surface area contributed by atoms with E-state index in [2.05, 4.69) is 19.2 Å². The Morgan fingerprint density at radius 1 is 1.35 bits per heavy atom. The normalized spacial score (nSPS) is 12.0. The van der Waals surface area contributed by atoms with Crippen LogP contribution in [0.5, 0.6) is 5.75 Å². The molecule has 1 rings (SSSR count). The molecule has 0 saturated heterocycles. The van der Waals surface area contributed by atoms with Crippen LogP contribution < -0.4 is 10.1 Å². The summed E-state index contributed by atoms with van der Waals surface area (Å²) in [6, 6.07) is 7.41. The number of ether oxygens (including phenoxy) is 1. The maximum Gasteiger partial charge on any atom is 0.334 e. The van der Waals surface area contributed by atoms with Gasteiger partial charge in [-0.2, -0.15) is 0 Å². The van der Waals surface area contributed by atoms with Crippen molar-refractivity contribution in [2.75, 3.05) is 13.2 Å². The lowest BCUT2D eigenvalue weighted by molar-refractivity contribution is -0.146. The van der Waals surface area contributed by atoms with Crippen LogP contribution in [0.2, 0.25) is 0 Å². The summed E-state index contributed by atoms with van der Waals surface area (Å²) in [4.78, 5) is 21.8. The number of carbonyl (C=O) groups is 2. The van der Waals surface area contributed by atoms with Gasteiger partial charge in [0.05, 0.1) is 6.54 Å². The van der Waals surface area contributed by atoms with E-state index in [-0.39, 0.29) is 13.2 Å². The highest BCUT2D eigenvalue weighted by Crippen LogP contribution is 2.19. The van der Waals surface area contributed by atoms with E-state index in [9.17, 15) is 9.59 Å². The lowest BCUT2D eigenvalue weighted by atomic mass is 10.0. The predicted octanol–water partition coefficient (Wildman–Crippen LogP) is 0.750. The minimum Gasteiger partial charge on any atom is -0.484 e. The number of carboxylic acids is 1. The summed E-state index contributed by atoms with van der Waals surface area (Å²) >= 11 is 0. The Morgan fingerprint density at radius 3 is 2.65 bits per heavy atom. The number of carboxylic acid groups (broad SMARTS) is 1. The first-order chi connectivity index (χ1) is 9.40. The van der Waals surface area contributed by atoms with Crippen molar-refractivity contribution in [1.29, 1.82) is 0 Å². The average Bonchev–Trinajstić information content (AvgIpc) is 2.42. The molecule has 0 spiro atoms. The molecule has 0 bridgehead atoms. The fourth-order valence-electron chi connectivity index (χ4n) is 1.46. The van der Waals surface area contributed by atoms with Crippen LogP contribution in [0.1, 0.15) is 25.3 Å². The van der Waals surface area contributed by atoms with Crippen LogP contribution in [0.3, 0.4) is 0 Å². The van der Waals surface area contributed by atoms with E-state index in [4.69, 9.17) is 14.9 Å². The minimum atomic E-state index is -1.61. The third-order valence-electron chi connectivity index (χ3n) is 2.67. The van der Waals surface area contributed by atoms with Gasteiger partial charge in [-0.1, -0.05) is 26.0 Å². The van der Waals surface area contributed by atoms with Gasteiger partial charge in [0.1, 0.15) is 5.75 Å². The van der Waals surface area contributed by atoms with Gasteiger partial charge in [-0.3, -0.25) is 4.79 Å². The Kier molecular flexibility index (Phi) is 5.99. The summed E-state index contributed by atoms with van der Waals surface area (Å²) in [5.41, 5.74) is 1.10. The summed E-state index contributed by atoms with van der Waals surface area (Å²) in [6.07, 6.45) is -1.61. The van der Waals surface area contributed by atoms with E-state index >= 15 is 0 Å². The quantitative estimate of drug-likeness (QED) is 0.685. The first-order valence-corrected chi connectivity index (χ1v) is 6.30. The molecule has 0 radical (unpaired) electrons. The fourth-order valence-corrected chi connectivity index (χ4v) is 1.46. The standard InChI is InChI=1S/C14H19NO5/c1-9(2)10-4-3-5-11(6-10)20-8-13(17)15-7-12(16)14(18)19/h3-6,9,12,16H,7-8H2,1-2H3,(H,15,17)(H,18,19)/t12-/m0/s1. The van der Waals surface area contributed by atoms with E-state index in [1.54, 1.807) is 6.07 Å². The predicted molar refractivity (Wildman–Crippen MR) is 72.7 cm³/mol. The fraction of sp³-hybridized carbons (Fsp3) is 0.429. The SMILES string of the molecule is CC(C)c1cccc(OCC(=O)NC[C@H](O)C(=O)O)c1. The van der Waals surface area contributed by atoms with Gasteiger partial charge in [-0.25, -0.2) is 4.79 Å². The third kappa shape index (κ3) is 5.27. The van der Waals surface area contributed by atoms with Gasteiger partial charge in [0.2, 0.25) is 0 Å². The van der Waals surface area contributed by atoms with Gasteiger partial charge in [-0.05, 0) is 23.6 Å². The number of aliphatic hydroxyl groups excluding tert-OH is 1. The number of hydrogen-bond donors (Lipinski definition) is 3. The second-order valence-corrected chi connectivity index (χ2v) is 4.67. The Balaban J connectivity index is 2.41. The number of benzene rings is 1. The van der Waals surface area contributed by atoms with Gasteiger partial charge in [0.25, 0.3) is 5.91 Å². The second kappa shape index (κ2) is 7.49. The molecular weight excluding hydrogens is 262 g/mol. The first-order valence-electron chi connectivity index (χ1n) is 6.30. The van der Waals surface area contributed by atoms with Crippen molar-refractivity contribution in [2.45, 2.75) is 25.9 Å². The zero-order chi connectivity index (χ0) is 15.1. The lowest BCUT2D eigenvalue weighted by Gasteiger charge is -2.11. The van der Waals surface area contributed by atoms with E-state index < -0.39 is 18.0 Å². The zero-order valence-corrected chi connectivity index (χ0v) is 11.5. The van der Waals surface area contributed by atoms with Crippen molar-refractivity contribution in [1.82, 2.24) is 5.32 Å². The molecule has 1 amide bonds. The molecule has 110 valence electrons. The molecule has 6 heteroatoms. The molecule has 0 aromatic heterocycles. The van der Waals surface area contributed by atoms with E-state index in [1.807, 2.05) is 18.2 Å². The number of rotatable bonds is 7. The van der Waals surface area contributed by atoms with Crippen LogP contribution in [-0.2, 0) is 9.59 Å². The van der Waals surface area contributed by atoms with Gasteiger partial charge in [0.15, 0.2) is 12.7 Å². The Hall–Kier alpha value is -2.08. The summed E-state index contributed by atoms with van der Waals surface area (Å²) < 4.78 is 5.31. The Morgan fingerprint density at radius 2 is 2.05 bits per heavy atom. The van der Waals surface area contributed by atoms with Crippen LogP contribution in [0.15, 0.2) is 24.3 Å². The molecule has 6 nitrogen and oxygen atoms in total. The zero-order valence-electron chi connectivity index (χ0n) is 11.5. The van der Waals surface area contributed by atoms with E-state index in [0.717, 1.165) is 5.56 Å². The summed E-state index contributed by atoms with van der Waals surface area (Å²) in [7, 11) is 0. The van der Waals surface area contributed by atoms with Crippen LogP contribution in [0.25, 0.3) is 0 Å². The van der Waals surface area contributed by atoms with Crippen LogP contribution in [0.4, 0.5) is 0 Å². The monoisotopic (exact) mass is 281 g/mol. The molecular formula is C14H19NO5. The highest BCUT2D eigenvalue weighted by molar-refractivity contribution is 5.79. The van der Waals surface area contributed by atoms with Crippen LogP contribution in [-0.4, -0.2) is 41.3 Å². The van der Waals surface area contributed by atoms with Gasteiger partial charge in [-0.15, -0.1) is 0 Å². The molecule has 0 heterocycles. The summed E-state index contributed by atoms with van der Waals surface area (Å²) in [6.45, 7) is 3.54. The summed E-state index contributed by atoms with van der Waals surface area (Å²) in [5, 5.41) is 19.7. The largest absolute Gasteiger partial charge is 0.484 e. The lowest BCUT2D eigenvalue weighted by Crippen LogP contribution is -2.38. The van der Waals surface area contributed by atoms with Crippen molar-refractivity contribution >= 4 is 11.9 Å². The van der Waals surface area contributed by atoms with Crippen molar-refractivity contribution in [3.63, 3.8) is 0 Å². The molecule has 0 aliphatic rings. The van der Waals surface area contributed by atoms with Crippen molar-refractivity contribution in [3.05, 3.63) is 29.8 Å². The maximum atomic E-state index is 11.4. The molecule has 20 heavy (non-hydrogen) atoms. The van der Waals surface area contributed by atoms with Gasteiger partial charge in [0, 0.05) is 0 Å². The van der Waals surface area contributed by atoms with Gasteiger partial charge >= 0.3 is 5.97 Å². The van der Waals surface area contributed by atoms with Gasteiger partial charge < -0.3 is 20.3 Å². The average molecular weight is 281 g/mol. The molecule has 0 aliphatic heterocycles. The highest BCUT2D eigenvalue weighted by atomic mass is 16.5. The summed E-state index contributed by atoms with van der Waals surface area (Å²) in [5.74, 6) is -0.931. The molecule has 1 aromatic rings. The van der Waals surface area contributed by atoms with Crippen molar-refractivity contribution in [2.24, 2.45) is 0 Å². The molecule has 0 fully saturated rings. The minimum absolute atomic E-state index is 0.228. The number of nitrogens with one attached hydrogen (secondary N) is 1.